The molecular formula is C41H51N4O12PS. The summed E-state index contributed by atoms with van der Waals surface area (Å²) in [6.45, 7) is 9.41. The van der Waals surface area contributed by atoms with Gasteiger partial charge in [0.1, 0.15) is 12.1 Å². The van der Waals surface area contributed by atoms with E-state index in [4.69, 9.17) is 18.5 Å². The molecule has 3 heterocycles. The van der Waals surface area contributed by atoms with Crippen molar-refractivity contribution in [1.29, 1.82) is 0 Å². The molecule has 318 valence electrons. The van der Waals surface area contributed by atoms with Crippen LogP contribution in [0.4, 0.5) is 5.69 Å². The van der Waals surface area contributed by atoms with Crippen LogP contribution in [0.5, 0.6) is 0 Å². The molecule has 1 N–H and O–H groups in total. The average molecular weight is 855 g/mol. The van der Waals surface area contributed by atoms with E-state index in [1.165, 1.54) is 41.0 Å². The lowest BCUT2D eigenvalue weighted by atomic mass is 9.98. The van der Waals surface area contributed by atoms with Crippen molar-refractivity contribution >= 4 is 75.8 Å². The highest BCUT2D eigenvalue weighted by molar-refractivity contribution is 7.72. The third-order valence-corrected chi connectivity index (χ3v) is 12.7. The van der Waals surface area contributed by atoms with E-state index in [0.717, 1.165) is 11.3 Å². The van der Waals surface area contributed by atoms with Gasteiger partial charge in [-0.3, -0.25) is 47.2 Å². The Bertz CT molecular complexity index is 2130. The summed E-state index contributed by atoms with van der Waals surface area (Å²) in [7, 11) is -3.15. The van der Waals surface area contributed by atoms with Crippen LogP contribution in [0.3, 0.4) is 0 Å². The number of rotatable bonds is 12. The van der Waals surface area contributed by atoms with Crippen molar-refractivity contribution in [2.75, 3.05) is 38.6 Å². The fourth-order valence-electron chi connectivity index (χ4n) is 6.57. The molecule has 0 spiro atoms. The zero-order valence-corrected chi connectivity index (χ0v) is 36.2. The van der Waals surface area contributed by atoms with Crippen LogP contribution in [0.2, 0.25) is 0 Å². The summed E-state index contributed by atoms with van der Waals surface area (Å²) in [4.78, 5) is 97.9. The minimum Gasteiger partial charge on any atom is -0.438 e. The first kappa shape index (κ1) is 45.1. The number of fused-ring (bicyclic) bond motifs is 2. The predicted molar refractivity (Wildman–Crippen MR) is 218 cm³/mol. The molecule has 0 bridgehead atoms. The molecule has 2 saturated heterocycles. The van der Waals surface area contributed by atoms with Gasteiger partial charge in [0.05, 0.1) is 15.7 Å². The van der Waals surface area contributed by atoms with Gasteiger partial charge in [0, 0.05) is 49.1 Å². The Morgan fingerprint density at radius 3 is 2.05 bits per heavy atom. The number of likely N-dealkylation sites (N-methyl/N-ethyl adjacent to an activating group) is 1. The zero-order chi connectivity index (χ0) is 43.4. The monoisotopic (exact) mass is 854 g/mol. The molecule has 0 radical (unpaired) electrons. The number of carbonyl (C=O) groups excluding carboxylic acids is 7. The van der Waals surface area contributed by atoms with Crippen LogP contribution in [0.15, 0.2) is 54.6 Å². The fraction of sp³-hybridized carbons (Fsp3) is 0.488. The molecule has 59 heavy (non-hydrogen) atoms. The molecule has 1 aromatic heterocycles. The van der Waals surface area contributed by atoms with Gasteiger partial charge in [-0.25, -0.2) is 0 Å². The van der Waals surface area contributed by atoms with Crippen molar-refractivity contribution in [2.24, 2.45) is 10.8 Å². The number of carbonyl (C=O) groups is 7. The highest BCUT2D eigenvalue weighted by Gasteiger charge is 2.46. The van der Waals surface area contributed by atoms with Crippen LogP contribution in [-0.4, -0.2) is 103 Å². The normalized spacial score (nSPS) is 18.7. The standard InChI is InChI=1S/C41H51N4O12PS/c1-25(46)44-19-18-29-15-16-31(36(49)43(8)28-12-10-9-11-13-28)45(29)35(48)30(22-44)42-34(47)33-21-27-20-26(14-17-32(27)59-33)37(50)58(53,56-23-54-38(51)40(2,3)4)57-24-55-39(52)41(5,6)7/h9-14,17,20-21,29-31H,15-16,18-19,22-24H2,1-8H3,(H,42,47)/t29-,30+,31+/m1/s1. The fourth-order valence-corrected chi connectivity index (χ4v) is 8.67. The van der Waals surface area contributed by atoms with E-state index in [0.29, 0.717) is 41.6 Å². The smallest absolute Gasteiger partial charge is 0.407 e. The lowest BCUT2D eigenvalue weighted by Crippen LogP contribution is -2.61. The van der Waals surface area contributed by atoms with Gasteiger partial charge in [0.2, 0.25) is 31.3 Å². The third kappa shape index (κ3) is 10.6. The van der Waals surface area contributed by atoms with E-state index in [-0.39, 0.29) is 34.8 Å². The van der Waals surface area contributed by atoms with Crippen molar-refractivity contribution in [2.45, 2.75) is 85.9 Å². The Morgan fingerprint density at radius 1 is 0.864 bits per heavy atom. The van der Waals surface area contributed by atoms with Crippen LogP contribution >= 0.6 is 18.9 Å². The Labute approximate surface area is 347 Å². The van der Waals surface area contributed by atoms with Crippen LogP contribution in [-0.2, 0) is 47.1 Å². The number of benzene rings is 2. The lowest BCUT2D eigenvalue weighted by Gasteiger charge is -2.39. The summed E-state index contributed by atoms with van der Waals surface area (Å²) in [6, 6.07) is 12.6. The van der Waals surface area contributed by atoms with Crippen LogP contribution in [0.25, 0.3) is 10.1 Å². The maximum Gasteiger partial charge on any atom is 0.407 e. The van der Waals surface area contributed by atoms with E-state index in [1.807, 2.05) is 18.2 Å². The molecule has 2 aliphatic rings. The summed E-state index contributed by atoms with van der Waals surface area (Å²) >= 11 is 1.07. The number of ether oxygens (including phenoxy) is 2. The number of amides is 4. The minimum atomic E-state index is -4.81. The molecule has 2 aromatic carbocycles. The maximum absolute atomic E-state index is 14.4. The van der Waals surface area contributed by atoms with Crippen molar-refractivity contribution in [3.05, 3.63) is 65.0 Å². The van der Waals surface area contributed by atoms with Gasteiger partial charge in [0.25, 0.3) is 11.4 Å². The number of para-hydroxylation sites is 1. The van der Waals surface area contributed by atoms with Gasteiger partial charge in [-0.15, -0.1) is 11.3 Å². The number of esters is 2. The molecule has 2 aliphatic heterocycles. The molecule has 0 unspecified atom stereocenters. The Hall–Kier alpha value is -4.96. The topological polar surface area (TPSA) is 195 Å². The summed E-state index contributed by atoms with van der Waals surface area (Å²) in [5, 5.41) is 3.21. The second-order valence-electron chi connectivity index (χ2n) is 16.5. The number of hydrogen-bond acceptors (Lipinski definition) is 13. The van der Waals surface area contributed by atoms with Gasteiger partial charge in [-0.1, -0.05) is 18.2 Å². The van der Waals surface area contributed by atoms with E-state index in [2.05, 4.69) is 5.32 Å². The largest absolute Gasteiger partial charge is 0.438 e. The maximum atomic E-state index is 14.4. The molecule has 16 nitrogen and oxygen atoms in total. The van der Waals surface area contributed by atoms with Crippen LogP contribution in [0.1, 0.15) is 87.8 Å². The van der Waals surface area contributed by atoms with Gasteiger partial charge in [-0.2, -0.15) is 0 Å². The van der Waals surface area contributed by atoms with Crippen molar-refractivity contribution < 1.29 is 56.6 Å². The summed E-state index contributed by atoms with van der Waals surface area (Å²) in [5.74, 6) is -3.00. The molecule has 4 amide bonds. The molecule has 0 aliphatic carbocycles. The van der Waals surface area contributed by atoms with Gasteiger partial charge >= 0.3 is 19.5 Å². The second-order valence-corrected chi connectivity index (χ2v) is 19.5. The number of thiophene rings is 1. The Balaban J connectivity index is 1.36. The predicted octanol–water partition coefficient (Wildman–Crippen LogP) is 5.73. The Kier molecular flexibility index (Phi) is 13.9. The molecule has 3 atom stereocenters. The highest BCUT2D eigenvalue weighted by atomic mass is 32.1. The molecule has 0 saturated carbocycles. The van der Waals surface area contributed by atoms with Gasteiger partial charge in [0.15, 0.2) is 0 Å². The molecule has 5 rings (SSSR count). The second kappa shape index (κ2) is 18.1. The molecule has 18 heteroatoms. The number of nitrogens with one attached hydrogen (secondary N) is 1. The van der Waals surface area contributed by atoms with E-state index >= 15 is 0 Å². The minimum absolute atomic E-state index is 0.104. The molecular weight excluding hydrogens is 804 g/mol. The summed E-state index contributed by atoms with van der Waals surface area (Å²) in [6.07, 6.45) is 1.47. The van der Waals surface area contributed by atoms with Crippen molar-refractivity contribution in [3.8, 4) is 0 Å². The third-order valence-electron chi connectivity index (χ3n) is 9.99. The SMILES string of the molecule is CC(=O)N1CC[C@H]2CC[C@@H](C(=O)N(C)c3ccccc3)N2C(=O)[C@@H](NC(=O)c2cc3cc(C(=O)P(=O)(OCOC(=O)C(C)(C)C)OCOC(=O)C(C)(C)C)ccc3s2)C1. The van der Waals surface area contributed by atoms with Crippen molar-refractivity contribution in [3.63, 3.8) is 0 Å². The van der Waals surface area contributed by atoms with E-state index in [1.54, 1.807) is 65.6 Å². The van der Waals surface area contributed by atoms with Crippen LogP contribution in [0, 0.1) is 10.8 Å². The van der Waals surface area contributed by atoms with Gasteiger partial charge in [-0.05, 0) is 103 Å². The number of nitrogens with zero attached hydrogens (tertiary/aromatic N) is 3. The molecule has 3 aromatic rings. The summed E-state index contributed by atoms with van der Waals surface area (Å²) in [5.41, 5.74) is -2.45. The number of hydrogen-bond donors (Lipinski definition) is 1. The first-order valence-electron chi connectivity index (χ1n) is 19.1. The first-order valence-corrected chi connectivity index (χ1v) is 21.5. The van der Waals surface area contributed by atoms with E-state index < -0.39 is 73.4 Å². The Morgan fingerprint density at radius 2 is 1.47 bits per heavy atom. The van der Waals surface area contributed by atoms with Crippen molar-refractivity contribution in [1.82, 2.24) is 15.1 Å². The first-order chi connectivity index (χ1) is 27.6. The average Bonchev–Trinajstić information content (AvgIpc) is 3.81. The quantitative estimate of drug-likeness (QED) is 0.132. The molecule has 2 fully saturated rings. The van der Waals surface area contributed by atoms with Gasteiger partial charge < -0.3 is 29.5 Å². The zero-order valence-electron chi connectivity index (χ0n) is 34.5. The summed E-state index contributed by atoms with van der Waals surface area (Å²) < 4.78 is 35.1. The van der Waals surface area contributed by atoms with E-state index in [9.17, 15) is 38.1 Å². The lowest BCUT2D eigenvalue weighted by molar-refractivity contribution is -0.162. The number of anilines is 1. The van der Waals surface area contributed by atoms with Crippen LogP contribution < -0.4 is 10.2 Å². The highest BCUT2D eigenvalue weighted by Crippen LogP contribution is 2.52.